The number of rotatable bonds is 4. The molecule has 1 aliphatic carbocycles. The fraction of sp³-hybridized carbons (Fsp3) is 0.900. The van der Waals surface area contributed by atoms with Crippen LogP contribution in [0.4, 0.5) is 0 Å². The zero-order valence-electron chi connectivity index (χ0n) is 8.16. The maximum Gasteiger partial charge on any atom is 0.332 e. The van der Waals surface area contributed by atoms with Gasteiger partial charge in [0.1, 0.15) is 0 Å². The minimum absolute atomic E-state index is 0.593. The number of ether oxygens (including phenoxy) is 1. The van der Waals surface area contributed by atoms with Crippen LogP contribution in [0.5, 0.6) is 0 Å². The van der Waals surface area contributed by atoms with E-state index in [4.69, 9.17) is 9.84 Å². The van der Waals surface area contributed by atoms with Crippen molar-refractivity contribution in [3.63, 3.8) is 0 Å². The molecule has 0 bridgehead atoms. The van der Waals surface area contributed by atoms with Crippen LogP contribution in [0.15, 0.2) is 0 Å². The lowest BCUT2D eigenvalue weighted by molar-refractivity contribution is -0.150. The Bertz CT molecular complexity index is 162. The van der Waals surface area contributed by atoms with E-state index >= 15 is 0 Å². The SMILES string of the molecule is C[C@H](OCC1CCCCC1)C(=O)O. The molecule has 0 aromatic rings. The summed E-state index contributed by atoms with van der Waals surface area (Å²) >= 11 is 0. The van der Waals surface area contributed by atoms with Crippen molar-refractivity contribution in [1.29, 1.82) is 0 Å². The summed E-state index contributed by atoms with van der Waals surface area (Å²) in [6.07, 6.45) is 5.62. The Hall–Kier alpha value is -0.570. The molecule has 13 heavy (non-hydrogen) atoms. The van der Waals surface area contributed by atoms with Gasteiger partial charge in [-0.25, -0.2) is 4.79 Å². The third-order valence-electron chi connectivity index (χ3n) is 2.65. The maximum absolute atomic E-state index is 10.4. The third kappa shape index (κ3) is 3.77. The fourth-order valence-electron chi connectivity index (χ4n) is 1.71. The molecular weight excluding hydrogens is 168 g/mol. The minimum atomic E-state index is -0.865. The number of carbonyl (C=O) groups is 1. The van der Waals surface area contributed by atoms with E-state index in [1.54, 1.807) is 6.92 Å². The van der Waals surface area contributed by atoms with Crippen molar-refractivity contribution in [2.75, 3.05) is 6.61 Å². The first-order valence-corrected chi connectivity index (χ1v) is 5.04. The van der Waals surface area contributed by atoms with Gasteiger partial charge in [0.25, 0.3) is 0 Å². The van der Waals surface area contributed by atoms with E-state index < -0.39 is 12.1 Å². The molecular formula is C10H18O3. The van der Waals surface area contributed by atoms with Gasteiger partial charge in [0, 0.05) is 0 Å². The van der Waals surface area contributed by atoms with Crippen LogP contribution in [0.25, 0.3) is 0 Å². The Kier molecular flexibility index (Phi) is 4.22. The molecule has 3 nitrogen and oxygen atoms in total. The predicted molar refractivity (Wildman–Crippen MR) is 49.6 cm³/mol. The Morgan fingerprint density at radius 3 is 2.62 bits per heavy atom. The van der Waals surface area contributed by atoms with Crippen molar-refractivity contribution in [2.24, 2.45) is 5.92 Å². The lowest BCUT2D eigenvalue weighted by Gasteiger charge is -2.22. The first-order chi connectivity index (χ1) is 6.20. The number of carboxylic acid groups (broad SMARTS) is 1. The van der Waals surface area contributed by atoms with Crippen LogP contribution in [0.3, 0.4) is 0 Å². The number of hydrogen-bond acceptors (Lipinski definition) is 2. The summed E-state index contributed by atoms with van der Waals surface area (Å²) < 4.78 is 5.24. The molecule has 1 fully saturated rings. The van der Waals surface area contributed by atoms with Crippen molar-refractivity contribution >= 4 is 5.97 Å². The minimum Gasteiger partial charge on any atom is -0.479 e. The van der Waals surface area contributed by atoms with E-state index in [1.807, 2.05) is 0 Å². The van der Waals surface area contributed by atoms with Gasteiger partial charge in [0.05, 0.1) is 6.61 Å². The highest BCUT2D eigenvalue weighted by atomic mass is 16.5. The zero-order chi connectivity index (χ0) is 9.68. The Morgan fingerprint density at radius 2 is 2.08 bits per heavy atom. The molecule has 1 aliphatic rings. The Balaban J connectivity index is 2.13. The van der Waals surface area contributed by atoms with E-state index in [-0.39, 0.29) is 0 Å². The van der Waals surface area contributed by atoms with Crippen molar-refractivity contribution in [2.45, 2.75) is 45.1 Å². The largest absolute Gasteiger partial charge is 0.479 e. The van der Waals surface area contributed by atoms with Gasteiger partial charge >= 0.3 is 5.97 Å². The smallest absolute Gasteiger partial charge is 0.332 e. The molecule has 0 heterocycles. The number of carboxylic acids is 1. The molecule has 76 valence electrons. The van der Waals surface area contributed by atoms with E-state index in [0.29, 0.717) is 12.5 Å². The van der Waals surface area contributed by atoms with E-state index in [2.05, 4.69) is 0 Å². The van der Waals surface area contributed by atoms with Gasteiger partial charge in [-0.05, 0) is 25.7 Å². The molecule has 0 aromatic heterocycles. The maximum atomic E-state index is 10.4. The highest BCUT2D eigenvalue weighted by Crippen LogP contribution is 2.23. The number of hydrogen-bond donors (Lipinski definition) is 1. The summed E-state index contributed by atoms with van der Waals surface area (Å²) in [4.78, 5) is 10.4. The van der Waals surface area contributed by atoms with Gasteiger partial charge in [-0.1, -0.05) is 19.3 Å². The molecule has 3 heteroatoms. The van der Waals surface area contributed by atoms with Crippen LogP contribution in [-0.2, 0) is 9.53 Å². The van der Waals surface area contributed by atoms with Crippen LogP contribution < -0.4 is 0 Å². The molecule has 1 atom stereocenters. The summed E-state index contributed by atoms with van der Waals surface area (Å²) in [5.41, 5.74) is 0. The second-order valence-electron chi connectivity index (χ2n) is 3.82. The van der Waals surface area contributed by atoms with E-state index in [9.17, 15) is 4.79 Å². The standard InChI is InChI=1S/C10H18O3/c1-8(10(11)12)13-7-9-5-3-2-4-6-9/h8-9H,2-7H2,1H3,(H,11,12)/t8-/m0/s1. The third-order valence-corrected chi connectivity index (χ3v) is 2.65. The normalized spacial score (nSPS) is 21.3. The summed E-state index contributed by atoms with van der Waals surface area (Å²) in [5, 5.41) is 8.59. The molecule has 0 aromatic carbocycles. The molecule has 0 unspecified atom stereocenters. The van der Waals surface area contributed by atoms with Crippen LogP contribution in [0, 0.1) is 5.92 Å². The summed E-state index contributed by atoms with van der Waals surface area (Å²) in [5.74, 6) is -0.272. The summed E-state index contributed by atoms with van der Waals surface area (Å²) in [7, 11) is 0. The molecule has 0 saturated heterocycles. The van der Waals surface area contributed by atoms with Crippen LogP contribution in [-0.4, -0.2) is 23.8 Å². The number of aliphatic carboxylic acids is 1. The Morgan fingerprint density at radius 1 is 1.46 bits per heavy atom. The average Bonchev–Trinajstić information content (AvgIpc) is 2.15. The molecule has 0 aliphatic heterocycles. The van der Waals surface area contributed by atoms with Gasteiger partial charge < -0.3 is 9.84 Å². The van der Waals surface area contributed by atoms with Gasteiger partial charge in [-0.15, -0.1) is 0 Å². The molecule has 1 N–H and O–H groups in total. The van der Waals surface area contributed by atoms with Crippen molar-refractivity contribution in [3.8, 4) is 0 Å². The van der Waals surface area contributed by atoms with E-state index in [0.717, 1.165) is 0 Å². The lowest BCUT2D eigenvalue weighted by Crippen LogP contribution is -2.24. The summed E-state index contributed by atoms with van der Waals surface area (Å²) in [6, 6.07) is 0. The van der Waals surface area contributed by atoms with Crippen LogP contribution in [0.1, 0.15) is 39.0 Å². The highest BCUT2D eigenvalue weighted by molar-refractivity contribution is 5.71. The predicted octanol–water partition coefficient (Wildman–Crippen LogP) is 2.06. The fourth-order valence-corrected chi connectivity index (χ4v) is 1.71. The van der Waals surface area contributed by atoms with Gasteiger partial charge in [0.15, 0.2) is 6.10 Å². The quantitative estimate of drug-likeness (QED) is 0.731. The monoisotopic (exact) mass is 186 g/mol. The molecule has 0 amide bonds. The molecule has 1 saturated carbocycles. The van der Waals surface area contributed by atoms with Gasteiger partial charge in [-0.2, -0.15) is 0 Å². The average molecular weight is 186 g/mol. The second-order valence-corrected chi connectivity index (χ2v) is 3.82. The first kappa shape index (κ1) is 10.5. The molecule has 1 rings (SSSR count). The van der Waals surface area contributed by atoms with Crippen molar-refractivity contribution in [3.05, 3.63) is 0 Å². The summed E-state index contributed by atoms with van der Waals surface area (Å²) in [6.45, 7) is 2.21. The first-order valence-electron chi connectivity index (χ1n) is 5.04. The van der Waals surface area contributed by atoms with Crippen molar-refractivity contribution < 1.29 is 14.6 Å². The molecule has 0 spiro atoms. The van der Waals surface area contributed by atoms with Crippen LogP contribution >= 0.6 is 0 Å². The van der Waals surface area contributed by atoms with E-state index in [1.165, 1.54) is 32.1 Å². The molecule has 0 radical (unpaired) electrons. The van der Waals surface area contributed by atoms with Crippen LogP contribution in [0.2, 0.25) is 0 Å². The second kappa shape index (κ2) is 5.22. The van der Waals surface area contributed by atoms with Crippen molar-refractivity contribution in [1.82, 2.24) is 0 Å². The lowest BCUT2D eigenvalue weighted by atomic mass is 9.90. The highest BCUT2D eigenvalue weighted by Gasteiger charge is 2.17. The Labute approximate surface area is 79.1 Å². The topological polar surface area (TPSA) is 46.5 Å². The van der Waals surface area contributed by atoms with Gasteiger partial charge in [-0.3, -0.25) is 0 Å². The zero-order valence-corrected chi connectivity index (χ0v) is 8.16. The van der Waals surface area contributed by atoms with Gasteiger partial charge in [0.2, 0.25) is 0 Å².